The van der Waals surface area contributed by atoms with Crippen molar-refractivity contribution in [3.63, 3.8) is 0 Å². The average molecular weight is 332 g/mol. The molecule has 6 nitrogen and oxygen atoms in total. The minimum Gasteiger partial charge on any atom is -0.345 e. The molecule has 1 aliphatic rings. The number of pyridine rings is 1. The quantitative estimate of drug-likeness (QED) is 0.923. The zero-order valence-electron chi connectivity index (χ0n) is 13.4. The molecule has 0 radical (unpaired) electrons. The van der Waals surface area contributed by atoms with Crippen LogP contribution in [0.3, 0.4) is 0 Å². The van der Waals surface area contributed by atoms with Gasteiger partial charge in [0.05, 0.1) is 6.54 Å². The van der Waals surface area contributed by atoms with E-state index in [9.17, 15) is 9.59 Å². The number of nitrogens with one attached hydrogen (secondary N) is 1. The van der Waals surface area contributed by atoms with E-state index in [0.717, 1.165) is 53.4 Å². The second-order valence-electron chi connectivity index (χ2n) is 5.73. The third-order valence-corrected chi connectivity index (χ3v) is 5.26. The van der Waals surface area contributed by atoms with E-state index in [0.29, 0.717) is 6.54 Å². The normalized spacial score (nSPS) is 13.7. The van der Waals surface area contributed by atoms with Gasteiger partial charge in [-0.1, -0.05) is 18.3 Å². The van der Waals surface area contributed by atoms with Crippen LogP contribution in [0.4, 0.5) is 0 Å². The van der Waals surface area contributed by atoms with Crippen molar-refractivity contribution in [3.05, 3.63) is 43.3 Å². The minimum absolute atomic E-state index is 0.216. The maximum atomic E-state index is 12.4. The van der Waals surface area contributed by atoms with Gasteiger partial charge in [-0.3, -0.25) is 9.59 Å². The molecule has 23 heavy (non-hydrogen) atoms. The highest BCUT2D eigenvalue weighted by Gasteiger charge is 2.19. The molecule has 0 bridgehead atoms. The van der Waals surface area contributed by atoms with Crippen LogP contribution < -0.4 is 10.9 Å². The van der Waals surface area contributed by atoms with E-state index in [1.807, 2.05) is 6.92 Å². The second-order valence-corrected chi connectivity index (χ2v) is 6.87. The van der Waals surface area contributed by atoms with Gasteiger partial charge in [-0.2, -0.15) is 0 Å². The third kappa shape index (κ3) is 3.19. The second kappa shape index (κ2) is 6.62. The number of amides is 1. The number of aryl methyl sites for hydroxylation is 2. The predicted octanol–water partition coefficient (Wildman–Crippen LogP) is 1.61. The van der Waals surface area contributed by atoms with Crippen LogP contribution in [-0.4, -0.2) is 20.7 Å². The Labute approximate surface area is 138 Å². The summed E-state index contributed by atoms with van der Waals surface area (Å²) in [7, 11) is 1.75. The van der Waals surface area contributed by atoms with E-state index in [1.165, 1.54) is 11.3 Å². The summed E-state index contributed by atoms with van der Waals surface area (Å²) >= 11 is 1.48. The number of fused-ring (bicyclic) bond motifs is 1. The summed E-state index contributed by atoms with van der Waals surface area (Å²) in [5, 5.41) is 12.5. The van der Waals surface area contributed by atoms with E-state index in [1.54, 1.807) is 17.7 Å². The number of rotatable bonds is 4. The van der Waals surface area contributed by atoms with Gasteiger partial charge < -0.3 is 9.88 Å². The van der Waals surface area contributed by atoms with Gasteiger partial charge in [0, 0.05) is 12.7 Å². The van der Waals surface area contributed by atoms with Crippen molar-refractivity contribution < 1.29 is 4.79 Å². The Hall–Kier alpha value is -2.02. The molecular weight excluding hydrogens is 312 g/mol. The topological polar surface area (TPSA) is 76.9 Å². The highest BCUT2D eigenvalue weighted by atomic mass is 32.1. The highest BCUT2D eigenvalue weighted by molar-refractivity contribution is 7.11. The van der Waals surface area contributed by atoms with Crippen LogP contribution in [0.5, 0.6) is 0 Å². The Morgan fingerprint density at radius 3 is 2.78 bits per heavy atom. The lowest BCUT2D eigenvalue weighted by atomic mass is 9.94. The van der Waals surface area contributed by atoms with Crippen LogP contribution in [0.1, 0.15) is 51.4 Å². The maximum absolute atomic E-state index is 12.4. The van der Waals surface area contributed by atoms with Crippen molar-refractivity contribution in [2.75, 3.05) is 0 Å². The molecule has 1 amide bonds. The van der Waals surface area contributed by atoms with E-state index < -0.39 is 0 Å². The standard InChI is InChI=1S/C16H20N4O2S/c1-3-13-18-19-14(23-13)9-17-15(21)11-8-10-6-4-5-7-12(10)20(2)16(11)22/h8H,3-7,9H2,1-2H3,(H,17,21). The zero-order valence-corrected chi connectivity index (χ0v) is 14.2. The summed E-state index contributed by atoms with van der Waals surface area (Å²) in [6.07, 6.45) is 4.88. The van der Waals surface area contributed by atoms with Gasteiger partial charge in [-0.15, -0.1) is 10.2 Å². The van der Waals surface area contributed by atoms with Gasteiger partial charge >= 0.3 is 0 Å². The van der Waals surface area contributed by atoms with Crippen LogP contribution in [0.2, 0.25) is 0 Å². The number of carbonyl (C=O) groups excluding carboxylic acids is 1. The molecule has 0 saturated heterocycles. The average Bonchev–Trinajstić information content (AvgIpc) is 3.04. The lowest BCUT2D eigenvalue weighted by Gasteiger charge is -2.19. The fourth-order valence-corrected chi connectivity index (χ4v) is 3.63. The molecule has 2 heterocycles. The molecule has 7 heteroatoms. The monoisotopic (exact) mass is 332 g/mol. The fraction of sp³-hybridized carbons (Fsp3) is 0.500. The number of carbonyl (C=O) groups is 1. The number of hydrogen-bond donors (Lipinski definition) is 1. The molecule has 2 aromatic rings. The van der Waals surface area contributed by atoms with Crippen molar-refractivity contribution in [2.24, 2.45) is 7.05 Å². The SMILES string of the molecule is CCc1nnc(CNC(=O)c2cc3c(n(C)c2=O)CCCC3)s1. The summed E-state index contributed by atoms with van der Waals surface area (Å²) < 4.78 is 1.63. The molecule has 3 rings (SSSR count). The van der Waals surface area contributed by atoms with Crippen molar-refractivity contribution >= 4 is 17.2 Å². The summed E-state index contributed by atoms with van der Waals surface area (Å²) in [5.41, 5.74) is 2.17. The Bertz CT molecular complexity index is 794. The first-order chi connectivity index (χ1) is 11.1. The molecule has 1 aliphatic carbocycles. The first kappa shape index (κ1) is 15.9. The van der Waals surface area contributed by atoms with Crippen LogP contribution in [-0.2, 0) is 32.9 Å². The smallest absolute Gasteiger partial charge is 0.263 e. The molecule has 0 unspecified atom stereocenters. The van der Waals surface area contributed by atoms with Gasteiger partial charge in [0.2, 0.25) is 0 Å². The lowest BCUT2D eigenvalue weighted by molar-refractivity contribution is 0.0948. The molecule has 0 fully saturated rings. The van der Waals surface area contributed by atoms with Gasteiger partial charge in [0.1, 0.15) is 15.6 Å². The molecule has 0 atom stereocenters. The Balaban J connectivity index is 1.79. The van der Waals surface area contributed by atoms with Crippen LogP contribution in [0.25, 0.3) is 0 Å². The Morgan fingerprint density at radius 1 is 1.30 bits per heavy atom. The molecular formula is C16H20N4O2S. The molecule has 0 aliphatic heterocycles. The summed E-state index contributed by atoms with van der Waals surface area (Å²) in [6.45, 7) is 2.32. The zero-order chi connectivity index (χ0) is 16.4. The van der Waals surface area contributed by atoms with Gasteiger partial charge in [-0.25, -0.2) is 0 Å². The number of nitrogens with zero attached hydrogens (tertiary/aromatic N) is 3. The maximum Gasteiger partial charge on any atom is 0.263 e. The van der Waals surface area contributed by atoms with Crippen molar-refractivity contribution in [2.45, 2.75) is 45.6 Å². The Kier molecular flexibility index (Phi) is 4.56. The van der Waals surface area contributed by atoms with Gasteiger partial charge in [0.25, 0.3) is 11.5 Å². The van der Waals surface area contributed by atoms with E-state index in [2.05, 4.69) is 15.5 Å². The minimum atomic E-state index is -0.341. The molecule has 2 aromatic heterocycles. The molecule has 0 saturated carbocycles. The molecule has 0 aromatic carbocycles. The van der Waals surface area contributed by atoms with Crippen LogP contribution in [0, 0.1) is 0 Å². The number of hydrogen-bond acceptors (Lipinski definition) is 5. The first-order valence-corrected chi connectivity index (χ1v) is 8.73. The van der Waals surface area contributed by atoms with Crippen molar-refractivity contribution in [1.82, 2.24) is 20.1 Å². The van der Waals surface area contributed by atoms with E-state index in [4.69, 9.17) is 0 Å². The first-order valence-electron chi connectivity index (χ1n) is 7.91. The van der Waals surface area contributed by atoms with Crippen molar-refractivity contribution in [1.29, 1.82) is 0 Å². The molecule has 1 N–H and O–H groups in total. The molecule has 0 spiro atoms. The summed E-state index contributed by atoms with van der Waals surface area (Å²) in [6, 6.07) is 1.77. The fourth-order valence-electron chi connectivity index (χ4n) is 2.91. The molecule has 122 valence electrons. The van der Waals surface area contributed by atoms with E-state index >= 15 is 0 Å². The third-order valence-electron chi connectivity index (χ3n) is 4.19. The van der Waals surface area contributed by atoms with Crippen molar-refractivity contribution in [3.8, 4) is 0 Å². The largest absolute Gasteiger partial charge is 0.345 e. The predicted molar refractivity (Wildman–Crippen MR) is 88.8 cm³/mol. The van der Waals surface area contributed by atoms with E-state index in [-0.39, 0.29) is 17.0 Å². The lowest BCUT2D eigenvalue weighted by Crippen LogP contribution is -2.34. The Morgan fingerprint density at radius 2 is 2.04 bits per heavy atom. The summed E-state index contributed by atoms with van der Waals surface area (Å²) in [5.74, 6) is -0.341. The van der Waals surface area contributed by atoms with Crippen LogP contribution in [0.15, 0.2) is 10.9 Å². The summed E-state index contributed by atoms with van der Waals surface area (Å²) in [4.78, 5) is 24.8. The highest BCUT2D eigenvalue weighted by Crippen LogP contribution is 2.20. The van der Waals surface area contributed by atoms with Gasteiger partial charge in [-0.05, 0) is 43.7 Å². The van der Waals surface area contributed by atoms with Gasteiger partial charge in [0.15, 0.2) is 0 Å². The van der Waals surface area contributed by atoms with Crippen LogP contribution >= 0.6 is 11.3 Å². The number of aromatic nitrogens is 3.